The predicted molar refractivity (Wildman–Crippen MR) is 85.7 cm³/mol. The number of unbranched alkanes of at least 4 members (excludes halogenated alkanes) is 2. The molecule has 0 aliphatic heterocycles. The quantitative estimate of drug-likeness (QED) is 0.501. The van der Waals surface area contributed by atoms with Crippen molar-refractivity contribution in [1.29, 1.82) is 0 Å². The second-order valence-electron chi connectivity index (χ2n) is 6.78. The van der Waals surface area contributed by atoms with Gasteiger partial charge in [-0.2, -0.15) is 0 Å². The molecule has 0 bridgehead atoms. The minimum Gasteiger partial charge on any atom is -0.316 e. The molecule has 1 N–H and O–H groups in total. The molecule has 0 aromatic carbocycles. The SMILES string of the molecule is CC(C)CNCCCCCN(C)C1CCCCCC1. The van der Waals surface area contributed by atoms with E-state index < -0.39 is 0 Å². The van der Waals surface area contributed by atoms with E-state index in [9.17, 15) is 0 Å². The maximum Gasteiger partial charge on any atom is 0.00922 e. The van der Waals surface area contributed by atoms with Gasteiger partial charge >= 0.3 is 0 Å². The lowest BCUT2D eigenvalue weighted by Crippen LogP contribution is -2.32. The molecule has 0 spiro atoms. The third-order valence-electron chi connectivity index (χ3n) is 4.37. The average Bonchev–Trinajstić information content (AvgIpc) is 2.66. The van der Waals surface area contributed by atoms with Gasteiger partial charge in [-0.25, -0.2) is 0 Å². The lowest BCUT2D eigenvalue weighted by molar-refractivity contribution is 0.216. The molecule has 0 aromatic heterocycles. The molecule has 1 saturated carbocycles. The molecule has 0 unspecified atom stereocenters. The topological polar surface area (TPSA) is 15.3 Å². The van der Waals surface area contributed by atoms with Crippen LogP contribution in [0.2, 0.25) is 0 Å². The van der Waals surface area contributed by atoms with Crippen molar-refractivity contribution >= 4 is 0 Å². The third-order valence-corrected chi connectivity index (χ3v) is 4.37. The molecule has 1 aliphatic carbocycles. The van der Waals surface area contributed by atoms with Crippen LogP contribution in [0.25, 0.3) is 0 Å². The second-order valence-corrected chi connectivity index (χ2v) is 6.78. The Morgan fingerprint density at radius 2 is 1.68 bits per heavy atom. The van der Waals surface area contributed by atoms with Crippen molar-refractivity contribution in [2.45, 2.75) is 77.7 Å². The minimum atomic E-state index is 0.779. The first-order valence-corrected chi connectivity index (χ1v) is 8.61. The predicted octanol–water partition coefficient (Wildman–Crippen LogP) is 4.06. The fourth-order valence-corrected chi connectivity index (χ4v) is 3.06. The van der Waals surface area contributed by atoms with Crippen LogP contribution in [0, 0.1) is 5.92 Å². The Hall–Kier alpha value is -0.0800. The average molecular weight is 268 g/mol. The zero-order valence-electron chi connectivity index (χ0n) is 13.6. The molecule has 0 amide bonds. The highest BCUT2D eigenvalue weighted by Gasteiger charge is 2.15. The zero-order chi connectivity index (χ0) is 13.9. The first-order valence-electron chi connectivity index (χ1n) is 8.61. The van der Waals surface area contributed by atoms with Gasteiger partial charge in [-0.05, 0) is 58.3 Å². The third kappa shape index (κ3) is 8.65. The van der Waals surface area contributed by atoms with Crippen molar-refractivity contribution in [3.8, 4) is 0 Å². The fraction of sp³-hybridized carbons (Fsp3) is 1.00. The summed E-state index contributed by atoms with van der Waals surface area (Å²) in [6.45, 7) is 8.21. The molecule has 2 heteroatoms. The fourth-order valence-electron chi connectivity index (χ4n) is 3.06. The van der Waals surface area contributed by atoms with Gasteiger partial charge in [0.15, 0.2) is 0 Å². The Labute approximate surface area is 121 Å². The normalized spacial score (nSPS) is 18.2. The molecule has 0 aromatic rings. The number of nitrogens with zero attached hydrogens (tertiary/aromatic N) is 1. The van der Waals surface area contributed by atoms with Crippen LogP contribution in [-0.2, 0) is 0 Å². The molecule has 19 heavy (non-hydrogen) atoms. The summed E-state index contributed by atoms with van der Waals surface area (Å²) in [4.78, 5) is 2.63. The Balaban J connectivity index is 1.95. The van der Waals surface area contributed by atoms with Crippen LogP contribution in [0.5, 0.6) is 0 Å². The molecular weight excluding hydrogens is 232 g/mol. The highest BCUT2D eigenvalue weighted by Crippen LogP contribution is 2.21. The largest absolute Gasteiger partial charge is 0.316 e. The van der Waals surface area contributed by atoms with Gasteiger partial charge < -0.3 is 10.2 Å². The Kier molecular flexibility index (Phi) is 9.54. The molecule has 2 nitrogen and oxygen atoms in total. The number of nitrogens with one attached hydrogen (secondary N) is 1. The van der Waals surface area contributed by atoms with Crippen LogP contribution in [0.4, 0.5) is 0 Å². The summed E-state index contributed by atoms with van der Waals surface area (Å²) in [5, 5.41) is 3.53. The van der Waals surface area contributed by atoms with E-state index in [1.54, 1.807) is 0 Å². The maximum atomic E-state index is 3.53. The molecule has 114 valence electrons. The lowest BCUT2D eigenvalue weighted by Gasteiger charge is -2.27. The Bertz CT molecular complexity index is 195. The van der Waals surface area contributed by atoms with Crippen LogP contribution in [0.15, 0.2) is 0 Å². The summed E-state index contributed by atoms with van der Waals surface area (Å²) < 4.78 is 0. The Morgan fingerprint density at radius 3 is 2.32 bits per heavy atom. The van der Waals surface area contributed by atoms with Gasteiger partial charge in [0.05, 0.1) is 0 Å². The van der Waals surface area contributed by atoms with Crippen molar-refractivity contribution in [1.82, 2.24) is 10.2 Å². The van der Waals surface area contributed by atoms with Gasteiger partial charge in [0.25, 0.3) is 0 Å². The molecule has 0 heterocycles. The number of hydrogen-bond acceptors (Lipinski definition) is 2. The van der Waals surface area contributed by atoms with Crippen molar-refractivity contribution in [2.75, 3.05) is 26.7 Å². The van der Waals surface area contributed by atoms with Gasteiger partial charge in [0, 0.05) is 6.04 Å². The van der Waals surface area contributed by atoms with E-state index in [4.69, 9.17) is 0 Å². The van der Waals surface area contributed by atoms with E-state index in [-0.39, 0.29) is 0 Å². The first kappa shape index (κ1) is 17.0. The van der Waals surface area contributed by atoms with Crippen LogP contribution in [0.3, 0.4) is 0 Å². The van der Waals surface area contributed by atoms with Gasteiger partial charge in [-0.3, -0.25) is 0 Å². The van der Waals surface area contributed by atoms with Gasteiger partial charge in [0.1, 0.15) is 0 Å². The Morgan fingerprint density at radius 1 is 1.00 bits per heavy atom. The van der Waals surface area contributed by atoms with Crippen LogP contribution in [0.1, 0.15) is 71.6 Å². The molecule has 1 aliphatic rings. The first-order chi connectivity index (χ1) is 9.20. The minimum absolute atomic E-state index is 0.779. The highest BCUT2D eigenvalue weighted by atomic mass is 15.1. The van der Waals surface area contributed by atoms with E-state index in [2.05, 4.69) is 31.1 Å². The van der Waals surface area contributed by atoms with Crippen molar-refractivity contribution in [3.05, 3.63) is 0 Å². The summed E-state index contributed by atoms with van der Waals surface area (Å²) >= 11 is 0. The highest BCUT2D eigenvalue weighted by molar-refractivity contribution is 4.72. The summed E-state index contributed by atoms with van der Waals surface area (Å²) in [6.07, 6.45) is 12.8. The van der Waals surface area contributed by atoms with Crippen molar-refractivity contribution < 1.29 is 0 Å². The number of hydrogen-bond donors (Lipinski definition) is 1. The van der Waals surface area contributed by atoms with Gasteiger partial charge in [0.2, 0.25) is 0 Å². The standard InChI is InChI=1S/C17H36N2/c1-16(2)15-18-13-9-6-10-14-19(3)17-11-7-4-5-8-12-17/h16-18H,4-15H2,1-3H3. The molecule has 1 rings (SSSR count). The van der Waals surface area contributed by atoms with E-state index in [0.29, 0.717) is 0 Å². The van der Waals surface area contributed by atoms with Crippen LogP contribution < -0.4 is 5.32 Å². The molecular formula is C17H36N2. The monoisotopic (exact) mass is 268 g/mol. The molecule has 0 atom stereocenters. The van der Waals surface area contributed by atoms with Crippen LogP contribution >= 0.6 is 0 Å². The van der Waals surface area contributed by atoms with Crippen LogP contribution in [-0.4, -0.2) is 37.6 Å². The lowest BCUT2D eigenvalue weighted by atomic mass is 10.1. The summed E-state index contributed by atoms with van der Waals surface area (Å²) in [7, 11) is 2.34. The van der Waals surface area contributed by atoms with E-state index in [1.807, 2.05) is 0 Å². The maximum absolute atomic E-state index is 3.53. The molecule has 0 saturated heterocycles. The molecule has 0 radical (unpaired) electrons. The van der Waals surface area contributed by atoms with Crippen molar-refractivity contribution in [2.24, 2.45) is 5.92 Å². The summed E-state index contributed by atoms with van der Waals surface area (Å²) in [5.41, 5.74) is 0. The smallest absolute Gasteiger partial charge is 0.00922 e. The summed E-state index contributed by atoms with van der Waals surface area (Å²) in [5.74, 6) is 0.779. The van der Waals surface area contributed by atoms with Crippen molar-refractivity contribution in [3.63, 3.8) is 0 Å². The summed E-state index contributed by atoms with van der Waals surface area (Å²) in [6, 6.07) is 0.876. The second kappa shape index (κ2) is 10.7. The zero-order valence-corrected chi connectivity index (χ0v) is 13.6. The van der Waals surface area contributed by atoms with Gasteiger partial charge in [-0.15, -0.1) is 0 Å². The van der Waals surface area contributed by atoms with E-state index in [0.717, 1.165) is 12.0 Å². The van der Waals surface area contributed by atoms with E-state index in [1.165, 1.54) is 77.4 Å². The molecule has 1 fully saturated rings. The van der Waals surface area contributed by atoms with E-state index >= 15 is 0 Å². The number of rotatable bonds is 9. The van der Waals surface area contributed by atoms with Gasteiger partial charge in [-0.1, -0.05) is 46.0 Å².